The van der Waals surface area contributed by atoms with Gasteiger partial charge in [-0.15, -0.1) is 11.8 Å². The summed E-state index contributed by atoms with van der Waals surface area (Å²) in [7, 11) is 1.90. The van der Waals surface area contributed by atoms with Crippen molar-refractivity contribution in [1.29, 1.82) is 0 Å². The lowest BCUT2D eigenvalue weighted by molar-refractivity contribution is 0.850. The van der Waals surface area contributed by atoms with Crippen molar-refractivity contribution in [2.75, 3.05) is 5.73 Å². The number of nitrogens with two attached hydrogens (primary N) is 1. The number of imidazole rings is 1. The molecule has 0 bridgehead atoms. The van der Waals surface area contributed by atoms with Gasteiger partial charge in [0.25, 0.3) is 0 Å². The molecule has 2 aromatic rings. The Morgan fingerprint density at radius 2 is 2.29 bits per heavy atom. The predicted octanol–water partition coefficient (Wildman–Crippen LogP) is 3.71. The molecule has 0 amide bonds. The number of hydrogen-bond donors (Lipinski definition) is 1. The van der Waals surface area contributed by atoms with E-state index in [-0.39, 0.29) is 0 Å². The molecule has 0 atom stereocenters. The van der Waals surface area contributed by atoms with Crippen LogP contribution in [0.3, 0.4) is 0 Å². The minimum Gasteiger partial charge on any atom is -0.398 e. The molecular weight excluding hydrogens is 322 g/mol. The van der Waals surface area contributed by atoms with Crippen LogP contribution in [0, 0.1) is 0 Å². The summed E-state index contributed by atoms with van der Waals surface area (Å²) < 4.78 is 2.88. The van der Waals surface area contributed by atoms with Gasteiger partial charge >= 0.3 is 0 Å². The fourth-order valence-electron chi connectivity index (χ4n) is 1.33. The average Bonchev–Trinajstić information content (AvgIpc) is 2.62. The molecule has 0 aliphatic rings. The van der Waals surface area contributed by atoms with Crippen LogP contribution in [-0.4, -0.2) is 9.55 Å². The molecule has 0 fully saturated rings. The van der Waals surface area contributed by atoms with Crippen LogP contribution in [0.15, 0.2) is 33.8 Å². The number of benzene rings is 1. The number of anilines is 1. The maximum atomic E-state index is 5.93. The van der Waals surface area contributed by atoms with Gasteiger partial charge in [-0.05, 0) is 18.2 Å². The van der Waals surface area contributed by atoms with Crippen molar-refractivity contribution in [2.45, 2.75) is 10.6 Å². The van der Waals surface area contributed by atoms with Gasteiger partial charge in [0.05, 0.1) is 11.9 Å². The van der Waals surface area contributed by atoms with Gasteiger partial charge < -0.3 is 10.3 Å². The molecule has 3 nitrogen and oxygen atoms in total. The second-order valence-corrected chi connectivity index (χ2v) is 5.85. The van der Waals surface area contributed by atoms with Crippen molar-refractivity contribution in [3.63, 3.8) is 0 Å². The molecule has 0 saturated carbocycles. The van der Waals surface area contributed by atoms with Gasteiger partial charge in [0, 0.05) is 22.1 Å². The monoisotopic (exact) mass is 331 g/mol. The molecule has 0 saturated heterocycles. The highest BCUT2D eigenvalue weighted by atomic mass is 79.9. The Hall–Kier alpha value is -0.650. The molecule has 1 heterocycles. The van der Waals surface area contributed by atoms with Gasteiger partial charge in [0.15, 0.2) is 0 Å². The van der Waals surface area contributed by atoms with Gasteiger partial charge in [-0.1, -0.05) is 27.5 Å². The summed E-state index contributed by atoms with van der Waals surface area (Å²) in [4.78, 5) is 5.28. The normalized spacial score (nSPS) is 10.8. The zero-order valence-corrected chi connectivity index (χ0v) is 12.3. The second-order valence-electron chi connectivity index (χ2n) is 3.53. The average molecular weight is 333 g/mol. The van der Waals surface area contributed by atoms with Gasteiger partial charge in [0.1, 0.15) is 11.0 Å². The van der Waals surface area contributed by atoms with Gasteiger partial charge in [-0.3, -0.25) is 0 Å². The fourth-order valence-corrected chi connectivity index (χ4v) is 2.99. The van der Waals surface area contributed by atoms with Crippen LogP contribution in [0.1, 0.15) is 5.82 Å². The Morgan fingerprint density at radius 1 is 1.53 bits per heavy atom. The third-order valence-corrected chi connectivity index (χ3v) is 4.27. The first-order valence-electron chi connectivity index (χ1n) is 4.92. The minimum absolute atomic E-state index is 0.641. The lowest BCUT2D eigenvalue weighted by atomic mass is 10.3. The zero-order chi connectivity index (χ0) is 12.4. The van der Waals surface area contributed by atoms with Gasteiger partial charge in [-0.25, -0.2) is 4.98 Å². The summed E-state index contributed by atoms with van der Waals surface area (Å²) in [5.74, 6) is 1.67. The smallest absolute Gasteiger partial charge is 0.128 e. The Kier molecular flexibility index (Phi) is 4.01. The molecule has 0 aliphatic heterocycles. The molecule has 0 spiro atoms. The quantitative estimate of drug-likeness (QED) is 0.688. The lowest BCUT2D eigenvalue weighted by Crippen LogP contribution is -1.96. The molecule has 2 rings (SSSR count). The van der Waals surface area contributed by atoms with E-state index in [9.17, 15) is 0 Å². The number of nitrogens with zero attached hydrogens (tertiary/aromatic N) is 2. The van der Waals surface area contributed by atoms with Crippen molar-refractivity contribution in [3.05, 3.63) is 39.8 Å². The first-order valence-corrected chi connectivity index (χ1v) is 7.07. The van der Waals surface area contributed by atoms with Crippen LogP contribution in [0.2, 0.25) is 5.15 Å². The van der Waals surface area contributed by atoms with E-state index in [1.165, 1.54) is 0 Å². The van der Waals surface area contributed by atoms with E-state index in [0.29, 0.717) is 5.15 Å². The van der Waals surface area contributed by atoms with Crippen LogP contribution in [-0.2, 0) is 12.8 Å². The molecule has 0 radical (unpaired) electrons. The van der Waals surface area contributed by atoms with Crippen LogP contribution < -0.4 is 5.73 Å². The Bertz CT molecular complexity index is 542. The molecule has 90 valence electrons. The predicted molar refractivity (Wildman–Crippen MR) is 76.3 cm³/mol. The fraction of sp³-hybridized carbons (Fsp3) is 0.182. The Balaban J connectivity index is 2.12. The first kappa shape index (κ1) is 12.8. The van der Waals surface area contributed by atoms with Crippen molar-refractivity contribution in [1.82, 2.24) is 9.55 Å². The zero-order valence-electron chi connectivity index (χ0n) is 9.15. The number of halogens is 2. The summed E-state index contributed by atoms with van der Waals surface area (Å²) in [6, 6.07) is 5.82. The van der Waals surface area contributed by atoms with E-state index in [1.54, 1.807) is 18.0 Å². The SMILES string of the molecule is Cn1c(Cl)cnc1CSc1cc(Br)ccc1N. The highest BCUT2D eigenvalue weighted by Gasteiger charge is 2.07. The topological polar surface area (TPSA) is 43.8 Å². The largest absolute Gasteiger partial charge is 0.398 e. The van der Waals surface area contributed by atoms with Crippen molar-refractivity contribution in [3.8, 4) is 0 Å². The molecule has 6 heteroatoms. The van der Waals surface area contributed by atoms with E-state index >= 15 is 0 Å². The Labute approximate surface area is 117 Å². The highest BCUT2D eigenvalue weighted by molar-refractivity contribution is 9.10. The van der Waals surface area contributed by atoms with E-state index in [2.05, 4.69) is 20.9 Å². The number of rotatable bonds is 3. The molecule has 2 N–H and O–H groups in total. The van der Waals surface area contributed by atoms with Crippen LogP contribution in [0.25, 0.3) is 0 Å². The standard InChI is InChI=1S/C11H11BrClN3S/c1-16-10(13)5-15-11(16)6-17-9-4-7(12)2-3-8(9)14/h2-5H,6,14H2,1H3. The maximum absolute atomic E-state index is 5.93. The summed E-state index contributed by atoms with van der Waals surface area (Å²) in [5, 5.41) is 0.641. The number of aromatic nitrogens is 2. The number of nitrogen functional groups attached to an aromatic ring is 1. The third kappa shape index (κ3) is 2.97. The molecular formula is C11H11BrClN3S. The van der Waals surface area contributed by atoms with Crippen molar-refractivity contribution < 1.29 is 0 Å². The maximum Gasteiger partial charge on any atom is 0.128 e. The Morgan fingerprint density at radius 3 is 2.94 bits per heavy atom. The summed E-state index contributed by atoms with van der Waals surface area (Å²) >= 11 is 11.0. The summed E-state index contributed by atoms with van der Waals surface area (Å²) in [6.07, 6.45) is 1.65. The van der Waals surface area contributed by atoms with E-state index in [4.69, 9.17) is 17.3 Å². The first-order chi connectivity index (χ1) is 8.08. The molecule has 0 aliphatic carbocycles. The number of hydrogen-bond acceptors (Lipinski definition) is 3. The van der Waals surface area contributed by atoms with Gasteiger partial charge in [-0.2, -0.15) is 0 Å². The second kappa shape index (κ2) is 5.33. The molecule has 0 unspecified atom stereocenters. The third-order valence-electron chi connectivity index (χ3n) is 2.36. The molecule has 17 heavy (non-hydrogen) atoms. The highest BCUT2D eigenvalue weighted by Crippen LogP contribution is 2.30. The number of thioether (sulfide) groups is 1. The van der Waals surface area contributed by atoms with Crippen LogP contribution in [0.4, 0.5) is 5.69 Å². The van der Waals surface area contributed by atoms with Crippen LogP contribution >= 0.6 is 39.3 Å². The van der Waals surface area contributed by atoms with E-state index in [1.807, 2.05) is 29.8 Å². The molecule has 1 aromatic carbocycles. The van der Waals surface area contributed by atoms with E-state index < -0.39 is 0 Å². The van der Waals surface area contributed by atoms with E-state index in [0.717, 1.165) is 26.6 Å². The van der Waals surface area contributed by atoms with Crippen molar-refractivity contribution in [2.24, 2.45) is 7.05 Å². The van der Waals surface area contributed by atoms with Crippen LogP contribution in [0.5, 0.6) is 0 Å². The van der Waals surface area contributed by atoms with Gasteiger partial charge in [0.2, 0.25) is 0 Å². The summed E-state index contributed by atoms with van der Waals surface area (Å²) in [5.41, 5.74) is 6.68. The van der Waals surface area contributed by atoms with Crippen molar-refractivity contribution >= 4 is 45.0 Å². The lowest BCUT2D eigenvalue weighted by Gasteiger charge is -2.06. The minimum atomic E-state index is 0.641. The summed E-state index contributed by atoms with van der Waals surface area (Å²) in [6.45, 7) is 0. The molecule has 1 aromatic heterocycles.